The van der Waals surface area contributed by atoms with Crippen LogP contribution in [-0.4, -0.2) is 31.6 Å². The summed E-state index contributed by atoms with van der Waals surface area (Å²) in [5, 5.41) is 2.66. The Hall–Kier alpha value is -1.59. The van der Waals surface area contributed by atoms with Crippen LogP contribution in [-0.2, 0) is 9.47 Å². The second-order valence-corrected chi connectivity index (χ2v) is 4.21. The zero-order valence-electron chi connectivity index (χ0n) is 10.3. The number of amides is 1. The summed E-state index contributed by atoms with van der Waals surface area (Å²) >= 11 is 0. The van der Waals surface area contributed by atoms with Crippen LogP contribution in [0.2, 0.25) is 0 Å². The van der Waals surface area contributed by atoms with Crippen LogP contribution in [0.15, 0.2) is 30.3 Å². The Morgan fingerprint density at radius 2 is 2.00 bits per heavy atom. The lowest BCUT2D eigenvalue weighted by molar-refractivity contribution is -0.145. The number of hydrogen-bond acceptors (Lipinski definition) is 4. The highest BCUT2D eigenvalue weighted by atomic mass is 16.7. The molecule has 0 radical (unpaired) electrons. The van der Waals surface area contributed by atoms with Crippen LogP contribution in [0.25, 0.3) is 0 Å². The highest BCUT2D eigenvalue weighted by Gasteiger charge is 2.30. The van der Waals surface area contributed by atoms with E-state index in [2.05, 4.69) is 5.32 Å². The number of carbonyl (C=O) groups is 1. The van der Waals surface area contributed by atoms with E-state index in [-0.39, 0.29) is 0 Å². The molecule has 1 heterocycles. The topological polar surface area (TPSA) is 56.8 Å². The van der Waals surface area contributed by atoms with Crippen molar-refractivity contribution in [3.63, 3.8) is 0 Å². The van der Waals surface area contributed by atoms with Gasteiger partial charge in [0.15, 0.2) is 5.79 Å². The van der Waals surface area contributed by atoms with E-state index in [0.29, 0.717) is 31.9 Å². The molecule has 1 aromatic rings. The van der Waals surface area contributed by atoms with E-state index in [0.717, 1.165) is 0 Å². The fourth-order valence-electron chi connectivity index (χ4n) is 1.72. The average Bonchev–Trinajstić information content (AvgIpc) is 2.77. The van der Waals surface area contributed by atoms with Gasteiger partial charge in [-0.05, 0) is 19.1 Å². The Labute approximate surface area is 106 Å². The molecular formula is C13H17NO4. The van der Waals surface area contributed by atoms with Crippen LogP contribution in [0.1, 0.15) is 13.3 Å². The molecule has 1 aromatic carbocycles. The van der Waals surface area contributed by atoms with Crippen molar-refractivity contribution in [3.8, 4) is 5.75 Å². The minimum atomic E-state index is -0.583. The highest BCUT2D eigenvalue weighted by molar-refractivity contribution is 5.70. The highest BCUT2D eigenvalue weighted by Crippen LogP contribution is 2.21. The lowest BCUT2D eigenvalue weighted by Gasteiger charge is -2.21. The Bertz CT molecular complexity index is 387. The van der Waals surface area contributed by atoms with Gasteiger partial charge in [-0.15, -0.1) is 0 Å². The second-order valence-electron chi connectivity index (χ2n) is 4.21. The summed E-state index contributed by atoms with van der Waals surface area (Å²) in [6, 6.07) is 8.93. The van der Waals surface area contributed by atoms with E-state index >= 15 is 0 Å². The first-order chi connectivity index (χ1) is 8.68. The van der Waals surface area contributed by atoms with E-state index in [1.165, 1.54) is 0 Å². The quantitative estimate of drug-likeness (QED) is 0.888. The average molecular weight is 251 g/mol. The molecule has 0 spiro atoms. The maximum Gasteiger partial charge on any atom is 0.412 e. The minimum absolute atomic E-state index is 0.447. The van der Waals surface area contributed by atoms with E-state index in [1.807, 2.05) is 25.1 Å². The molecule has 0 bridgehead atoms. The smallest absolute Gasteiger partial charge is 0.410 e. The van der Waals surface area contributed by atoms with Crippen LogP contribution >= 0.6 is 0 Å². The van der Waals surface area contributed by atoms with Crippen LogP contribution in [0.3, 0.4) is 0 Å². The van der Waals surface area contributed by atoms with Gasteiger partial charge in [0.25, 0.3) is 0 Å². The molecular weight excluding hydrogens is 234 g/mol. The van der Waals surface area contributed by atoms with Gasteiger partial charge in [0.2, 0.25) is 0 Å². The molecule has 18 heavy (non-hydrogen) atoms. The van der Waals surface area contributed by atoms with Crippen LogP contribution < -0.4 is 10.1 Å². The van der Waals surface area contributed by atoms with E-state index in [9.17, 15) is 4.79 Å². The SMILES string of the molecule is CC1(CCNC(=O)Oc2ccccc2)OCCO1. The number of rotatable bonds is 4. The van der Waals surface area contributed by atoms with Crippen molar-refractivity contribution in [3.05, 3.63) is 30.3 Å². The second kappa shape index (κ2) is 5.84. The first-order valence-electron chi connectivity index (χ1n) is 5.97. The molecule has 0 saturated carbocycles. The van der Waals surface area contributed by atoms with Gasteiger partial charge in [-0.3, -0.25) is 0 Å². The molecule has 0 aliphatic carbocycles. The number of para-hydroxylation sites is 1. The first-order valence-corrected chi connectivity index (χ1v) is 5.97. The molecule has 0 unspecified atom stereocenters. The van der Waals surface area contributed by atoms with E-state index < -0.39 is 11.9 Å². The van der Waals surface area contributed by atoms with Crippen molar-refractivity contribution in [1.29, 1.82) is 0 Å². The third-order valence-electron chi connectivity index (χ3n) is 2.70. The molecule has 5 nitrogen and oxygen atoms in total. The number of benzene rings is 1. The monoisotopic (exact) mass is 251 g/mol. The normalized spacial score (nSPS) is 17.4. The summed E-state index contributed by atoms with van der Waals surface area (Å²) < 4.78 is 15.9. The zero-order valence-corrected chi connectivity index (χ0v) is 10.3. The van der Waals surface area contributed by atoms with Gasteiger partial charge < -0.3 is 19.5 Å². The van der Waals surface area contributed by atoms with E-state index in [1.54, 1.807) is 12.1 Å². The molecule has 2 rings (SSSR count). The Balaban J connectivity index is 1.69. The van der Waals surface area contributed by atoms with Crippen molar-refractivity contribution >= 4 is 6.09 Å². The maximum absolute atomic E-state index is 11.5. The number of nitrogens with one attached hydrogen (secondary N) is 1. The third-order valence-corrected chi connectivity index (χ3v) is 2.70. The Morgan fingerprint density at radius 1 is 1.33 bits per heavy atom. The van der Waals surface area contributed by atoms with Gasteiger partial charge in [0.1, 0.15) is 5.75 Å². The van der Waals surface area contributed by atoms with Crippen molar-refractivity contribution in [2.45, 2.75) is 19.1 Å². The van der Waals surface area contributed by atoms with Gasteiger partial charge in [-0.25, -0.2) is 4.79 Å². The zero-order chi connectivity index (χ0) is 12.8. The molecule has 1 amide bonds. The largest absolute Gasteiger partial charge is 0.412 e. The van der Waals surface area contributed by atoms with Gasteiger partial charge in [0, 0.05) is 13.0 Å². The molecule has 1 N–H and O–H groups in total. The lowest BCUT2D eigenvalue weighted by atomic mass is 10.2. The summed E-state index contributed by atoms with van der Waals surface area (Å²) in [5.74, 6) is -0.0605. The Kier molecular flexibility index (Phi) is 4.17. The van der Waals surface area contributed by atoms with Crippen molar-refractivity contribution in [1.82, 2.24) is 5.32 Å². The van der Waals surface area contributed by atoms with Crippen molar-refractivity contribution in [2.24, 2.45) is 0 Å². The van der Waals surface area contributed by atoms with Gasteiger partial charge >= 0.3 is 6.09 Å². The maximum atomic E-state index is 11.5. The number of ether oxygens (including phenoxy) is 3. The Morgan fingerprint density at radius 3 is 2.67 bits per heavy atom. The summed E-state index contributed by atoms with van der Waals surface area (Å²) in [4.78, 5) is 11.5. The number of hydrogen-bond donors (Lipinski definition) is 1. The van der Waals surface area contributed by atoms with Crippen LogP contribution in [0, 0.1) is 0 Å². The summed E-state index contributed by atoms with van der Waals surface area (Å²) in [5.41, 5.74) is 0. The molecule has 1 fully saturated rings. The predicted molar refractivity (Wildman–Crippen MR) is 65.4 cm³/mol. The standard InChI is InChI=1S/C13H17NO4/c1-13(16-9-10-17-13)7-8-14-12(15)18-11-5-3-2-4-6-11/h2-6H,7-10H2,1H3,(H,14,15). The fourth-order valence-corrected chi connectivity index (χ4v) is 1.72. The predicted octanol–water partition coefficient (Wildman–Crippen LogP) is 1.93. The molecule has 0 aromatic heterocycles. The fraction of sp³-hybridized carbons (Fsp3) is 0.462. The molecule has 5 heteroatoms. The molecule has 1 saturated heterocycles. The minimum Gasteiger partial charge on any atom is -0.410 e. The van der Waals surface area contributed by atoms with Gasteiger partial charge in [0.05, 0.1) is 13.2 Å². The van der Waals surface area contributed by atoms with Gasteiger partial charge in [-0.1, -0.05) is 18.2 Å². The van der Waals surface area contributed by atoms with Gasteiger partial charge in [-0.2, -0.15) is 0 Å². The van der Waals surface area contributed by atoms with Crippen molar-refractivity contribution in [2.75, 3.05) is 19.8 Å². The van der Waals surface area contributed by atoms with E-state index in [4.69, 9.17) is 14.2 Å². The summed E-state index contributed by atoms with van der Waals surface area (Å²) in [6.45, 7) is 3.52. The molecule has 0 atom stereocenters. The van der Waals surface area contributed by atoms with Crippen molar-refractivity contribution < 1.29 is 19.0 Å². The third kappa shape index (κ3) is 3.72. The molecule has 98 valence electrons. The first kappa shape index (κ1) is 12.9. The van der Waals surface area contributed by atoms with Crippen LogP contribution in [0.4, 0.5) is 4.79 Å². The molecule has 1 aliphatic rings. The van der Waals surface area contributed by atoms with Crippen LogP contribution in [0.5, 0.6) is 5.75 Å². The lowest BCUT2D eigenvalue weighted by Crippen LogP contribution is -2.34. The summed E-state index contributed by atoms with van der Waals surface area (Å²) in [6.07, 6.45) is 0.125. The number of carbonyl (C=O) groups excluding carboxylic acids is 1. The summed E-state index contributed by atoms with van der Waals surface area (Å²) in [7, 11) is 0. The molecule has 1 aliphatic heterocycles.